The number of hydrogen-bond donors (Lipinski definition) is 3. The monoisotopic (exact) mass is 439 g/mol. The molecular weight excluding hydrogens is 418 g/mol. The van der Waals surface area contributed by atoms with Crippen LogP contribution in [0, 0.1) is 0 Å². The molecule has 158 valence electrons. The van der Waals surface area contributed by atoms with E-state index in [2.05, 4.69) is 16.0 Å². The van der Waals surface area contributed by atoms with Gasteiger partial charge < -0.3 is 16.0 Å². The number of nitrogens with one attached hydrogen (secondary N) is 3. The molecule has 0 aliphatic heterocycles. The number of thiocarbonyl (C=S) groups is 1. The maximum Gasteiger partial charge on any atom is 0.257 e. The third-order valence-corrected chi connectivity index (χ3v) is 5.14. The van der Waals surface area contributed by atoms with E-state index in [9.17, 15) is 9.59 Å². The molecule has 4 aromatic rings. The zero-order valence-corrected chi connectivity index (χ0v) is 18.0. The van der Waals surface area contributed by atoms with Crippen LogP contribution in [0.15, 0.2) is 97.1 Å². The Hall–Kier alpha value is -4.03. The number of amides is 2. The first-order valence-corrected chi connectivity index (χ1v) is 10.5. The van der Waals surface area contributed by atoms with E-state index in [1.807, 2.05) is 72.8 Å². The molecule has 0 unspecified atom stereocenters. The van der Waals surface area contributed by atoms with Gasteiger partial charge in [0.1, 0.15) is 0 Å². The summed E-state index contributed by atoms with van der Waals surface area (Å²) in [7, 11) is 0. The third kappa shape index (κ3) is 5.17. The lowest BCUT2D eigenvalue weighted by molar-refractivity contribution is -0.119. The van der Waals surface area contributed by atoms with Gasteiger partial charge in [-0.25, -0.2) is 0 Å². The normalized spacial score (nSPS) is 10.4. The van der Waals surface area contributed by atoms with Gasteiger partial charge in [0.05, 0.1) is 17.7 Å². The highest BCUT2D eigenvalue weighted by molar-refractivity contribution is 7.80. The van der Waals surface area contributed by atoms with E-state index in [1.54, 1.807) is 24.3 Å². The molecule has 0 spiro atoms. The van der Waals surface area contributed by atoms with Gasteiger partial charge >= 0.3 is 0 Å². The predicted molar refractivity (Wildman–Crippen MR) is 133 cm³/mol. The van der Waals surface area contributed by atoms with Crippen LogP contribution in [0.5, 0.6) is 0 Å². The molecule has 0 atom stereocenters. The number of para-hydroxylation sites is 2. The molecule has 5 nitrogen and oxygen atoms in total. The predicted octanol–water partition coefficient (Wildman–Crippen LogP) is 5.15. The van der Waals surface area contributed by atoms with E-state index >= 15 is 0 Å². The van der Waals surface area contributed by atoms with Crippen LogP contribution < -0.4 is 16.0 Å². The Balaban J connectivity index is 1.42. The summed E-state index contributed by atoms with van der Waals surface area (Å²) >= 11 is 5.33. The maximum absolute atomic E-state index is 12.7. The van der Waals surface area contributed by atoms with Crippen LogP contribution in [-0.4, -0.2) is 16.9 Å². The van der Waals surface area contributed by atoms with Gasteiger partial charge in [-0.05, 0) is 52.8 Å². The van der Waals surface area contributed by atoms with Crippen molar-refractivity contribution in [3.8, 4) is 0 Å². The van der Waals surface area contributed by atoms with Crippen molar-refractivity contribution in [2.24, 2.45) is 0 Å². The zero-order valence-electron chi connectivity index (χ0n) is 17.2. The molecule has 32 heavy (non-hydrogen) atoms. The van der Waals surface area contributed by atoms with Crippen molar-refractivity contribution >= 4 is 51.3 Å². The van der Waals surface area contributed by atoms with Crippen molar-refractivity contribution in [1.82, 2.24) is 5.32 Å². The van der Waals surface area contributed by atoms with Crippen molar-refractivity contribution in [2.75, 3.05) is 10.6 Å². The minimum absolute atomic E-state index is 0.134. The smallest absolute Gasteiger partial charge is 0.257 e. The summed E-state index contributed by atoms with van der Waals surface area (Å²) in [6.45, 7) is 0. The summed E-state index contributed by atoms with van der Waals surface area (Å²) in [6, 6.07) is 30.0. The van der Waals surface area contributed by atoms with E-state index in [-0.39, 0.29) is 23.3 Å². The van der Waals surface area contributed by atoms with Crippen LogP contribution in [0.4, 0.5) is 11.4 Å². The Morgan fingerprint density at radius 2 is 1.41 bits per heavy atom. The Bertz CT molecular complexity index is 1280. The fraction of sp³-hybridized carbons (Fsp3) is 0.0385. The Kier molecular flexibility index (Phi) is 6.53. The summed E-state index contributed by atoms with van der Waals surface area (Å²) < 4.78 is 0. The first-order valence-electron chi connectivity index (χ1n) is 10.1. The minimum Gasteiger partial charge on any atom is -0.332 e. The van der Waals surface area contributed by atoms with Gasteiger partial charge in [-0.1, -0.05) is 72.8 Å². The Labute approximate surface area is 191 Å². The Morgan fingerprint density at radius 1 is 0.719 bits per heavy atom. The standard InChI is InChI=1S/C26H21N3O2S/c30-24(17-19-11-8-10-18-9-4-5-14-21(18)19)29-26(32)28-23-16-7-6-15-22(23)25(31)27-20-12-2-1-3-13-20/h1-16H,17H2,(H,27,31)(H2,28,29,30,32). The van der Waals surface area contributed by atoms with Crippen molar-refractivity contribution in [1.29, 1.82) is 0 Å². The van der Waals surface area contributed by atoms with Gasteiger partial charge in [0.25, 0.3) is 5.91 Å². The molecule has 6 heteroatoms. The lowest BCUT2D eigenvalue weighted by atomic mass is 10.0. The number of rotatable bonds is 5. The van der Waals surface area contributed by atoms with Crippen molar-refractivity contribution in [3.63, 3.8) is 0 Å². The fourth-order valence-corrected chi connectivity index (χ4v) is 3.68. The average Bonchev–Trinajstić information content (AvgIpc) is 2.80. The molecule has 2 amide bonds. The summed E-state index contributed by atoms with van der Waals surface area (Å²) in [5.41, 5.74) is 2.54. The van der Waals surface area contributed by atoms with Crippen LogP contribution in [0.3, 0.4) is 0 Å². The minimum atomic E-state index is -0.274. The summed E-state index contributed by atoms with van der Waals surface area (Å²) in [5, 5.41) is 10.8. The molecule has 0 bridgehead atoms. The lowest BCUT2D eigenvalue weighted by Gasteiger charge is -2.14. The lowest BCUT2D eigenvalue weighted by Crippen LogP contribution is -2.35. The topological polar surface area (TPSA) is 70.2 Å². The van der Waals surface area contributed by atoms with Crippen molar-refractivity contribution in [3.05, 3.63) is 108 Å². The fourth-order valence-electron chi connectivity index (χ4n) is 3.45. The SMILES string of the molecule is O=C(Cc1cccc2ccccc12)NC(=S)Nc1ccccc1C(=O)Nc1ccccc1. The first-order chi connectivity index (χ1) is 15.6. The van der Waals surface area contributed by atoms with E-state index in [4.69, 9.17) is 12.2 Å². The molecule has 0 aromatic heterocycles. The third-order valence-electron chi connectivity index (χ3n) is 4.94. The molecule has 0 aliphatic rings. The van der Waals surface area contributed by atoms with Crippen LogP contribution in [0.2, 0.25) is 0 Å². The van der Waals surface area contributed by atoms with Gasteiger partial charge in [0.15, 0.2) is 5.11 Å². The summed E-state index contributed by atoms with van der Waals surface area (Å²) in [6.07, 6.45) is 0.194. The van der Waals surface area contributed by atoms with Gasteiger partial charge in [0.2, 0.25) is 5.91 Å². The second-order valence-electron chi connectivity index (χ2n) is 7.18. The van der Waals surface area contributed by atoms with Gasteiger partial charge in [-0.2, -0.15) is 0 Å². The van der Waals surface area contributed by atoms with Crippen molar-refractivity contribution < 1.29 is 9.59 Å². The van der Waals surface area contributed by atoms with Crippen LogP contribution in [-0.2, 0) is 11.2 Å². The highest BCUT2D eigenvalue weighted by atomic mass is 32.1. The molecule has 0 radical (unpaired) electrons. The number of carbonyl (C=O) groups excluding carboxylic acids is 2. The summed E-state index contributed by atoms with van der Waals surface area (Å²) in [4.78, 5) is 25.3. The number of anilines is 2. The van der Waals surface area contributed by atoms with E-state index < -0.39 is 0 Å². The van der Waals surface area contributed by atoms with Crippen LogP contribution in [0.1, 0.15) is 15.9 Å². The van der Waals surface area contributed by atoms with Gasteiger partial charge in [-0.15, -0.1) is 0 Å². The Morgan fingerprint density at radius 3 is 2.25 bits per heavy atom. The quantitative estimate of drug-likeness (QED) is 0.376. The molecule has 0 saturated carbocycles. The second kappa shape index (κ2) is 9.85. The maximum atomic E-state index is 12.7. The van der Waals surface area contributed by atoms with Gasteiger partial charge in [0, 0.05) is 5.69 Å². The van der Waals surface area contributed by atoms with Crippen LogP contribution >= 0.6 is 12.2 Å². The number of hydrogen-bond acceptors (Lipinski definition) is 3. The molecule has 4 aromatic carbocycles. The molecule has 0 heterocycles. The van der Waals surface area contributed by atoms with Crippen molar-refractivity contribution in [2.45, 2.75) is 6.42 Å². The number of fused-ring (bicyclic) bond motifs is 1. The molecule has 0 aliphatic carbocycles. The molecule has 0 fully saturated rings. The number of carbonyl (C=O) groups is 2. The average molecular weight is 440 g/mol. The molecule has 0 saturated heterocycles. The van der Waals surface area contributed by atoms with E-state index in [0.29, 0.717) is 16.9 Å². The highest BCUT2D eigenvalue weighted by Crippen LogP contribution is 2.19. The van der Waals surface area contributed by atoms with E-state index in [0.717, 1.165) is 16.3 Å². The summed E-state index contributed by atoms with van der Waals surface area (Å²) in [5.74, 6) is -0.505. The van der Waals surface area contributed by atoms with E-state index in [1.165, 1.54) is 0 Å². The van der Waals surface area contributed by atoms with Gasteiger partial charge in [-0.3, -0.25) is 9.59 Å². The van der Waals surface area contributed by atoms with Crippen LogP contribution in [0.25, 0.3) is 10.8 Å². The molecule has 3 N–H and O–H groups in total. The molecular formula is C26H21N3O2S. The largest absolute Gasteiger partial charge is 0.332 e. The highest BCUT2D eigenvalue weighted by Gasteiger charge is 2.14. The second-order valence-corrected chi connectivity index (χ2v) is 7.59. The number of benzene rings is 4. The molecule has 4 rings (SSSR count). The first kappa shape index (κ1) is 21.2. The zero-order chi connectivity index (χ0) is 22.3.